The third kappa shape index (κ3) is 2.70. The van der Waals surface area contributed by atoms with Gasteiger partial charge in [-0.1, -0.05) is 24.1 Å². The number of terminal acetylenes is 1. The van der Waals surface area contributed by atoms with Gasteiger partial charge in [-0.25, -0.2) is 0 Å². The van der Waals surface area contributed by atoms with Crippen molar-refractivity contribution in [2.75, 3.05) is 20.3 Å². The summed E-state index contributed by atoms with van der Waals surface area (Å²) in [5, 5.41) is 9.00. The van der Waals surface area contributed by atoms with Gasteiger partial charge in [-0.3, -0.25) is 4.68 Å². The fraction of sp³-hybridized carbons (Fsp3) is 0.357. The first-order valence-corrected chi connectivity index (χ1v) is 5.94. The number of hydrogen-bond donors (Lipinski definition) is 1. The van der Waals surface area contributed by atoms with Crippen LogP contribution in [0.2, 0.25) is 0 Å². The summed E-state index contributed by atoms with van der Waals surface area (Å²) in [6, 6.07) is 8.13. The van der Waals surface area contributed by atoms with E-state index in [-0.39, 0.29) is 0 Å². The van der Waals surface area contributed by atoms with Crippen LogP contribution in [0.3, 0.4) is 0 Å². The molecule has 2 aromatic rings. The van der Waals surface area contributed by atoms with Crippen LogP contribution >= 0.6 is 0 Å². The fourth-order valence-electron chi connectivity index (χ4n) is 1.91. The smallest absolute Gasteiger partial charge is 0.102 e. The highest BCUT2D eigenvalue weighted by Crippen LogP contribution is 2.17. The van der Waals surface area contributed by atoms with E-state index in [1.807, 2.05) is 22.9 Å². The molecule has 0 spiro atoms. The predicted molar refractivity (Wildman–Crippen MR) is 72.1 cm³/mol. The molecule has 0 radical (unpaired) electrons. The van der Waals surface area contributed by atoms with Crippen LogP contribution in [0.1, 0.15) is 5.69 Å². The largest absolute Gasteiger partial charge is 0.383 e. The van der Waals surface area contributed by atoms with E-state index in [9.17, 15) is 0 Å². The molecule has 0 aliphatic rings. The van der Waals surface area contributed by atoms with E-state index in [0.29, 0.717) is 13.2 Å². The van der Waals surface area contributed by atoms with Crippen LogP contribution < -0.4 is 5.32 Å². The Balaban J connectivity index is 2.19. The molecule has 4 heteroatoms. The average molecular weight is 243 g/mol. The van der Waals surface area contributed by atoms with Crippen molar-refractivity contribution < 1.29 is 4.74 Å². The first-order chi connectivity index (χ1) is 8.86. The molecule has 1 aromatic heterocycles. The second-order valence-electron chi connectivity index (χ2n) is 4.00. The Morgan fingerprint density at radius 2 is 2.28 bits per heavy atom. The molecule has 0 atom stereocenters. The van der Waals surface area contributed by atoms with E-state index in [1.165, 1.54) is 0 Å². The number of fused-ring (bicyclic) bond motifs is 1. The monoisotopic (exact) mass is 243 g/mol. The van der Waals surface area contributed by atoms with Crippen molar-refractivity contribution in [3.05, 3.63) is 30.0 Å². The molecule has 18 heavy (non-hydrogen) atoms. The molecule has 0 amide bonds. The summed E-state index contributed by atoms with van der Waals surface area (Å²) >= 11 is 0. The van der Waals surface area contributed by atoms with E-state index >= 15 is 0 Å². The number of nitrogens with zero attached hydrogens (tertiary/aromatic N) is 2. The molecular formula is C14H17N3O. The van der Waals surface area contributed by atoms with Crippen LogP contribution in [-0.4, -0.2) is 30.0 Å². The zero-order chi connectivity index (χ0) is 12.8. The van der Waals surface area contributed by atoms with Crippen LogP contribution in [0.15, 0.2) is 24.3 Å². The average Bonchev–Trinajstić information content (AvgIpc) is 2.74. The number of benzene rings is 1. The number of ether oxygens (including phenoxy) is 1. The van der Waals surface area contributed by atoms with Crippen molar-refractivity contribution in [1.82, 2.24) is 15.1 Å². The summed E-state index contributed by atoms with van der Waals surface area (Å²) in [6.45, 7) is 2.73. The van der Waals surface area contributed by atoms with Gasteiger partial charge in [0.05, 0.1) is 17.8 Å². The SMILES string of the molecule is C#CCn1nc(CNCCOC)c2ccccc21. The molecule has 0 aliphatic heterocycles. The maximum Gasteiger partial charge on any atom is 0.102 e. The van der Waals surface area contributed by atoms with Crippen molar-refractivity contribution in [2.45, 2.75) is 13.1 Å². The number of nitrogens with one attached hydrogen (secondary N) is 1. The molecule has 1 heterocycles. The zero-order valence-electron chi connectivity index (χ0n) is 10.5. The second-order valence-corrected chi connectivity index (χ2v) is 4.00. The Hall–Kier alpha value is -1.83. The Morgan fingerprint density at radius 1 is 1.44 bits per heavy atom. The molecule has 1 aromatic carbocycles. The maximum atomic E-state index is 5.36. The van der Waals surface area contributed by atoms with Gasteiger partial charge < -0.3 is 10.1 Å². The molecule has 0 saturated heterocycles. The minimum Gasteiger partial charge on any atom is -0.383 e. The third-order valence-corrected chi connectivity index (χ3v) is 2.75. The predicted octanol–water partition coefficient (Wildman–Crippen LogP) is 1.41. The maximum absolute atomic E-state index is 5.36. The van der Waals surface area contributed by atoms with Crippen molar-refractivity contribution in [3.8, 4) is 12.3 Å². The van der Waals surface area contributed by atoms with Crippen molar-refractivity contribution >= 4 is 10.9 Å². The molecule has 4 nitrogen and oxygen atoms in total. The first kappa shape index (κ1) is 12.6. The highest BCUT2D eigenvalue weighted by atomic mass is 16.5. The first-order valence-electron chi connectivity index (χ1n) is 5.94. The number of para-hydroxylation sites is 1. The summed E-state index contributed by atoms with van der Waals surface area (Å²) in [4.78, 5) is 0. The summed E-state index contributed by atoms with van der Waals surface area (Å²) in [5.41, 5.74) is 2.11. The highest BCUT2D eigenvalue weighted by molar-refractivity contribution is 5.81. The highest BCUT2D eigenvalue weighted by Gasteiger charge is 2.08. The Bertz CT molecular complexity index is 554. The molecule has 0 unspecified atom stereocenters. The Morgan fingerprint density at radius 3 is 3.06 bits per heavy atom. The van der Waals surface area contributed by atoms with Crippen LogP contribution in [0.4, 0.5) is 0 Å². The molecule has 94 valence electrons. The van der Waals surface area contributed by atoms with Gasteiger partial charge in [0.2, 0.25) is 0 Å². The van der Waals surface area contributed by atoms with Gasteiger partial charge in [-0.15, -0.1) is 6.42 Å². The topological polar surface area (TPSA) is 39.1 Å². The van der Waals surface area contributed by atoms with Crippen LogP contribution in [0, 0.1) is 12.3 Å². The molecular weight excluding hydrogens is 226 g/mol. The zero-order valence-corrected chi connectivity index (χ0v) is 10.5. The molecule has 0 aliphatic carbocycles. The van der Waals surface area contributed by atoms with Gasteiger partial charge in [-0.2, -0.15) is 5.10 Å². The van der Waals surface area contributed by atoms with Gasteiger partial charge in [-0.05, 0) is 6.07 Å². The summed E-state index contributed by atoms with van der Waals surface area (Å²) in [5.74, 6) is 2.63. The lowest BCUT2D eigenvalue weighted by Crippen LogP contribution is -2.19. The van der Waals surface area contributed by atoms with E-state index in [1.54, 1.807) is 7.11 Å². The van der Waals surface area contributed by atoms with Crippen LogP contribution in [0.25, 0.3) is 10.9 Å². The quantitative estimate of drug-likeness (QED) is 0.616. The fourth-order valence-corrected chi connectivity index (χ4v) is 1.91. The summed E-state index contributed by atoms with van der Waals surface area (Å²) in [6.07, 6.45) is 5.36. The Kier molecular flexibility index (Phi) is 4.35. The van der Waals surface area contributed by atoms with E-state index in [4.69, 9.17) is 11.2 Å². The Labute approximate surface area is 107 Å². The summed E-state index contributed by atoms with van der Waals surface area (Å²) in [7, 11) is 1.69. The van der Waals surface area contributed by atoms with Crippen LogP contribution in [-0.2, 0) is 17.8 Å². The lowest BCUT2D eigenvalue weighted by Gasteiger charge is -2.01. The van der Waals surface area contributed by atoms with Gasteiger partial charge in [0.15, 0.2) is 0 Å². The van der Waals surface area contributed by atoms with E-state index in [2.05, 4.69) is 22.4 Å². The van der Waals surface area contributed by atoms with Gasteiger partial charge in [0, 0.05) is 25.6 Å². The van der Waals surface area contributed by atoms with Crippen molar-refractivity contribution in [2.24, 2.45) is 0 Å². The van der Waals surface area contributed by atoms with Gasteiger partial charge >= 0.3 is 0 Å². The molecule has 0 fully saturated rings. The number of hydrogen-bond acceptors (Lipinski definition) is 3. The van der Waals surface area contributed by atoms with Gasteiger partial charge in [0.25, 0.3) is 0 Å². The van der Waals surface area contributed by atoms with E-state index < -0.39 is 0 Å². The van der Waals surface area contributed by atoms with Crippen molar-refractivity contribution in [1.29, 1.82) is 0 Å². The standard InChI is InChI=1S/C14H17N3O/c1-3-9-17-14-7-5-4-6-12(14)13(16-17)11-15-8-10-18-2/h1,4-7,15H,8-11H2,2H3. The lowest BCUT2D eigenvalue weighted by atomic mass is 10.2. The number of methoxy groups -OCH3 is 1. The number of aromatic nitrogens is 2. The molecule has 0 saturated carbocycles. The minimum atomic E-state index is 0.499. The van der Waals surface area contributed by atoms with E-state index in [0.717, 1.165) is 29.7 Å². The molecule has 1 N–H and O–H groups in total. The second kappa shape index (κ2) is 6.20. The lowest BCUT2D eigenvalue weighted by molar-refractivity contribution is 0.199. The van der Waals surface area contributed by atoms with Gasteiger partial charge in [0.1, 0.15) is 6.54 Å². The number of rotatable bonds is 6. The third-order valence-electron chi connectivity index (χ3n) is 2.75. The minimum absolute atomic E-state index is 0.499. The normalized spacial score (nSPS) is 10.7. The summed E-state index contributed by atoms with van der Waals surface area (Å²) < 4.78 is 6.86. The van der Waals surface area contributed by atoms with Crippen molar-refractivity contribution in [3.63, 3.8) is 0 Å². The molecule has 2 rings (SSSR count). The van der Waals surface area contributed by atoms with Crippen LogP contribution in [0.5, 0.6) is 0 Å². The molecule has 0 bridgehead atoms.